The van der Waals surface area contributed by atoms with Crippen LogP contribution in [0.4, 0.5) is 10.1 Å². The Morgan fingerprint density at radius 3 is 2.55 bits per heavy atom. The van der Waals surface area contributed by atoms with E-state index >= 15 is 0 Å². The molecule has 3 aromatic rings. The lowest BCUT2D eigenvalue weighted by atomic mass is 10.2. The van der Waals surface area contributed by atoms with E-state index in [1.54, 1.807) is 13.2 Å². The molecule has 0 spiro atoms. The summed E-state index contributed by atoms with van der Waals surface area (Å²) in [7, 11) is 3.43. The highest BCUT2D eigenvalue weighted by Crippen LogP contribution is 2.24. The molecule has 3 rings (SSSR count). The monoisotopic (exact) mass is 298 g/mol. The summed E-state index contributed by atoms with van der Waals surface area (Å²) in [6.07, 6.45) is 0. The Bertz CT molecular complexity index is 838. The van der Waals surface area contributed by atoms with Crippen molar-refractivity contribution in [3.05, 3.63) is 60.0 Å². The van der Waals surface area contributed by atoms with Crippen LogP contribution in [0.3, 0.4) is 0 Å². The zero-order valence-corrected chi connectivity index (χ0v) is 12.3. The van der Waals surface area contributed by atoms with Gasteiger partial charge >= 0.3 is 0 Å². The van der Waals surface area contributed by atoms with Gasteiger partial charge in [-0.25, -0.2) is 4.39 Å². The number of hydrogen-bond acceptors (Lipinski definition) is 2. The number of fused-ring (bicyclic) bond motifs is 1. The Balaban J connectivity index is 1.93. The van der Waals surface area contributed by atoms with E-state index < -0.39 is 0 Å². The molecule has 1 heterocycles. The molecular formula is C17H15FN2O2. The number of aromatic nitrogens is 1. The van der Waals surface area contributed by atoms with Crippen molar-refractivity contribution in [2.45, 2.75) is 0 Å². The lowest BCUT2D eigenvalue weighted by Gasteiger charge is -2.06. The van der Waals surface area contributed by atoms with Crippen LogP contribution in [-0.2, 0) is 7.05 Å². The van der Waals surface area contributed by atoms with E-state index in [1.165, 1.54) is 24.3 Å². The topological polar surface area (TPSA) is 43.3 Å². The first-order valence-electron chi connectivity index (χ1n) is 6.79. The van der Waals surface area contributed by atoms with Gasteiger partial charge in [0.2, 0.25) is 0 Å². The van der Waals surface area contributed by atoms with Crippen LogP contribution in [0.25, 0.3) is 10.9 Å². The van der Waals surface area contributed by atoms with Crippen LogP contribution in [0.1, 0.15) is 10.5 Å². The number of nitrogens with one attached hydrogen (secondary N) is 1. The van der Waals surface area contributed by atoms with Crippen molar-refractivity contribution in [2.24, 2.45) is 7.05 Å². The Labute approximate surface area is 127 Å². The second-order valence-corrected chi connectivity index (χ2v) is 4.97. The van der Waals surface area contributed by atoms with Crippen LogP contribution in [0.15, 0.2) is 48.5 Å². The normalized spacial score (nSPS) is 10.7. The van der Waals surface area contributed by atoms with Gasteiger partial charge < -0.3 is 14.6 Å². The summed E-state index contributed by atoms with van der Waals surface area (Å²) < 4.78 is 19.9. The van der Waals surface area contributed by atoms with Crippen LogP contribution in [-0.4, -0.2) is 17.6 Å². The Morgan fingerprint density at radius 2 is 1.86 bits per heavy atom. The Kier molecular flexibility index (Phi) is 3.55. The van der Waals surface area contributed by atoms with Crippen LogP contribution in [0.2, 0.25) is 0 Å². The number of anilines is 1. The van der Waals surface area contributed by atoms with Crippen molar-refractivity contribution in [1.82, 2.24) is 4.57 Å². The number of benzene rings is 2. The molecule has 0 saturated heterocycles. The maximum atomic E-state index is 12.9. The predicted molar refractivity (Wildman–Crippen MR) is 83.8 cm³/mol. The fourth-order valence-electron chi connectivity index (χ4n) is 2.40. The van der Waals surface area contributed by atoms with Gasteiger partial charge in [0.25, 0.3) is 5.91 Å². The second-order valence-electron chi connectivity index (χ2n) is 4.97. The van der Waals surface area contributed by atoms with Crippen LogP contribution in [0.5, 0.6) is 5.75 Å². The third kappa shape index (κ3) is 2.53. The minimum absolute atomic E-state index is 0.246. The highest BCUT2D eigenvalue weighted by atomic mass is 19.1. The predicted octanol–water partition coefficient (Wildman–Crippen LogP) is 3.58. The average molecular weight is 298 g/mol. The highest BCUT2D eigenvalue weighted by molar-refractivity contribution is 6.06. The number of hydrogen-bond donors (Lipinski definition) is 1. The minimum Gasteiger partial charge on any atom is -0.497 e. The van der Waals surface area contributed by atoms with E-state index in [0.29, 0.717) is 11.4 Å². The van der Waals surface area contributed by atoms with E-state index in [-0.39, 0.29) is 11.7 Å². The van der Waals surface area contributed by atoms with Gasteiger partial charge in [-0.1, -0.05) is 0 Å². The lowest BCUT2D eigenvalue weighted by molar-refractivity contribution is 0.101. The van der Waals surface area contributed by atoms with Crippen molar-refractivity contribution >= 4 is 22.5 Å². The smallest absolute Gasteiger partial charge is 0.272 e. The molecule has 0 aliphatic carbocycles. The quantitative estimate of drug-likeness (QED) is 0.803. The molecule has 1 aromatic heterocycles. The molecule has 0 radical (unpaired) electrons. The maximum absolute atomic E-state index is 12.9. The number of amides is 1. The fourth-order valence-corrected chi connectivity index (χ4v) is 2.40. The van der Waals surface area contributed by atoms with Crippen molar-refractivity contribution in [3.8, 4) is 5.75 Å². The Morgan fingerprint density at radius 1 is 1.14 bits per heavy atom. The van der Waals surface area contributed by atoms with Gasteiger partial charge in [0.1, 0.15) is 17.3 Å². The average Bonchev–Trinajstić information content (AvgIpc) is 2.86. The molecule has 4 nitrogen and oxygen atoms in total. The van der Waals surface area contributed by atoms with Crippen molar-refractivity contribution < 1.29 is 13.9 Å². The lowest BCUT2D eigenvalue weighted by Crippen LogP contribution is -2.15. The summed E-state index contributed by atoms with van der Waals surface area (Å²) in [5, 5.41) is 3.68. The Hall–Kier alpha value is -2.82. The van der Waals surface area contributed by atoms with Crippen molar-refractivity contribution in [3.63, 3.8) is 0 Å². The molecule has 0 atom stereocenters. The standard InChI is InChI=1S/C17H15FN2O2/c1-20-15-8-7-14(22-2)9-11(15)10-16(20)17(21)19-13-5-3-12(18)4-6-13/h3-10H,1-2H3,(H,19,21). The van der Waals surface area contributed by atoms with Crippen LogP contribution < -0.4 is 10.1 Å². The van der Waals surface area contributed by atoms with Gasteiger partial charge in [0.05, 0.1) is 7.11 Å². The summed E-state index contributed by atoms with van der Waals surface area (Å²) in [5.74, 6) is 0.155. The van der Waals surface area contributed by atoms with Gasteiger partial charge in [0, 0.05) is 23.6 Å². The second kappa shape index (κ2) is 5.52. The first kappa shape index (κ1) is 14.1. The minimum atomic E-state index is -0.338. The number of methoxy groups -OCH3 is 1. The third-order valence-electron chi connectivity index (χ3n) is 3.58. The number of nitrogens with zero attached hydrogens (tertiary/aromatic N) is 1. The number of rotatable bonds is 3. The van der Waals surface area contributed by atoms with E-state index in [0.717, 1.165) is 16.7 Å². The molecule has 0 aliphatic rings. The number of ether oxygens (including phenoxy) is 1. The van der Waals surface area contributed by atoms with Crippen molar-refractivity contribution in [1.29, 1.82) is 0 Å². The van der Waals surface area contributed by atoms with Gasteiger partial charge in [0.15, 0.2) is 0 Å². The molecular weight excluding hydrogens is 283 g/mol. The summed E-state index contributed by atoms with van der Waals surface area (Å²) in [6, 6.07) is 13.1. The first-order chi connectivity index (χ1) is 10.6. The molecule has 0 unspecified atom stereocenters. The van der Waals surface area contributed by atoms with E-state index in [4.69, 9.17) is 4.74 Å². The van der Waals surface area contributed by atoms with E-state index in [9.17, 15) is 9.18 Å². The van der Waals surface area contributed by atoms with Crippen LogP contribution in [0, 0.1) is 5.82 Å². The van der Waals surface area contributed by atoms with Gasteiger partial charge in [-0.2, -0.15) is 0 Å². The molecule has 1 amide bonds. The summed E-state index contributed by atoms with van der Waals surface area (Å²) >= 11 is 0. The molecule has 112 valence electrons. The number of carbonyl (C=O) groups is 1. The molecule has 0 bridgehead atoms. The highest BCUT2D eigenvalue weighted by Gasteiger charge is 2.14. The van der Waals surface area contributed by atoms with E-state index in [1.807, 2.05) is 29.8 Å². The largest absolute Gasteiger partial charge is 0.497 e. The van der Waals surface area contributed by atoms with Gasteiger partial charge in [-0.15, -0.1) is 0 Å². The van der Waals surface area contributed by atoms with Crippen LogP contribution >= 0.6 is 0 Å². The molecule has 5 heteroatoms. The summed E-state index contributed by atoms with van der Waals surface area (Å²) in [6.45, 7) is 0. The number of aryl methyl sites for hydroxylation is 1. The number of carbonyl (C=O) groups excluding carboxylic acids is 1. The zero-order chi connectivity index (χ0) is 15.7. The third-order valence-corrected chi connectivity index (χ3v) is 3.58. The SMILES string of the molecule is COc1ccc2c(c1)cc(C(=O)Nc1ccc(F)cc1)n2C. The summed E-state index contributed by atoms with van der Waals surface area (Å²) in [5.41, 5.74) is 2.01. The molecule has 0 saturated carbocycles. The summed E-state index contributed by atoms with van der Waals surface area (Å²) in [4.78, 5) is 12.4. The van der Waals surface area contributed by atoms with Crippen molar-refractivity contribution in [2.75, 3.05) is 12.4 Å². The van der Waals surface area contributed by atoms with Gasteiger partial charge in [-0.05, 0) is 48.5 Å². The molecule has 0 fully saturated rings. The first-order valence-corrected chi connectivity index (χ1v) is 6.79. The molecule has 22 heavy (non-hydrogen) atoms. The maximum Gasteiger partial charge on any atom is 0.272 e. The number of halogens is 1. The van der Waals surface area contributed by atoms with Gasteiger partial charge in [-0.3, -0.25) is 4.79 Å². The zero-order valence-electron chi connectivity index (χ0n) is 12.3. The van der Waals surface area contributed by atoms with E-state index in [2.05, 4.69) is 5.32 Å². The molecule has 0 aliphatic heterocycles. The molecule has 1 N–H and O–H groups in total. The molecule has 2 aromatic carbocycles. The fraction of sp³-hybridized carbons (Fsp3) is 0.118.